The Kier molecular flexibility index (Phi) is 6.93. The van der Waals surface area contributed by atoms with Crippen LogP contribution < -0.4 is 5.32 Å². The first kappa shape index (κ1) is 17.2. The van der Waals surface area contributed by atoms with Crippen LogP contribution in [-0.2, 0) is 14.3 Å². The van der Waals surface area contributed by atoms with Crippen molar-refractivity contribution in [2.24, 2.45) is 5.92 Å². The van der Waals surface area contributed by atoms with E-state index in [0.717, 1.165) is 0 Å². The molecule has 120 valence electrons. The van der Waals surface area contributed by atoms with Gasteiger partial charge in [-0.2, -0.15) is 0 Å². The second kappa shape index (κ2) is 8.46. The average molecular weight is 302 g/mol. The largest absolute Gasteiger partial charge is 0.480 e. The van der Waals surface area contributed by atoms with Crippen molar-refractivity contribution in [1.82, 2.24) is 10.2 Å². The number of urea groups is 1. The van der Waals surface area contributed by atoms with Crippen LogP contribution in [0.2, 0.25) is 0 Å². The first-order chi connectivity index (χ1) is 9.99. The zero-order valence-electron chi connectivity index (χ0n) is 12.1. The summed E-state index contributed by atoms with van der Waals surface area (Å²) in [5, 5.41) is 20.1. The highest BCUT2D eigenvalue weighted by Crippen LogP contribution is 2.18. The second-order valence-corrected chi connectivity index (χ2v) is 4.89. The Morgan fingerprint density at radius 2 is 2.14 bits per heavy atom. The number of aliphatic hydroxyl groups is 1. The molecule has 1 aliphatic heterocycles. The van der Waals surface area contributed by atoms with Crippen molar-refractivity contribution in [3.8, 4) is 0 Å². The van der Waals surface area contributed by atoms with Crippen LogP contribution in [0.1, 0.15) is 26.2 Å². The molecule has 0 saturated carbocycles. The Morgan fingerprint density at radius 3 is 2.71 bits per heavy atom. The van der Waals surface area contributed by atoms with Gasteiger partial charge in [0.2, 0.25) is 0 Å². The number of hydrogen-bond donors (Lipinski definition) is 3. The molecule has 1 aliphatic rings. The summed E-state index contributed by atoms with van der Waals surface area (Å²) in [6.07, 6.45) is 1.26. The topological polar surface area (TPSA) is 116 Å². The minimum absolute atomic E-state index is 0.0593. The van der Waals surface area contributed by atoms with Gasteiger partial charge < -0.3 is 25.2 Å². The van der Waals surface area contributed by atoms with Gasteiger partial charge >= 0.3 is 18.0 Å². The van der Waals surface area contributed by atoms with Crippen LogP contribution >= 0.6 is 0 Å². The Balaban J connectivity index is 2.56. The third-order valence-corrected chi connectivity index (χ3v) is 3.34. The molecule has 3 N–H and O–H groups in total. The number of likely N-dealkylation sites (tertiary alicyclic amines) is 1. The molecule has 2 atom stereocenters. The lowest BCUT2D eigenvalue weighted by atomic mass is 9.98. The SMILES string of the molecule is CCOC(=O)C1CCCN(C(=O)NC(CCO)C(=O)O)C1. The van der Waals surface area contributed by atoms with Crippen LogP contribution in [0.4, 0.5) is 4.79 Å². The number of carboxylic acid groups (broad SMARTS) is 1. The summed E-state index contributed by atoms with van der Waals surface area (Å²) in [6, 6.07) is -1.67. The summed E-state index contributed by atoms with van der Waals surface area (Å²) in [6.45, 7) is 2.36. The number of piperidine rings is 1. The maximum Gasteiger partial charge on any atom is 0.326 e. The third-order valence-electron chi connectivity index (χ3n) is 3.34. The van der Waals surface area contributed by atoms with Gasteiger partial charge in [-0.3, -0.25) is 4.79 Å². The number of carbonyl (C=O) groups excluding carboxylic acids is 2. The molecular formula is C13H22N2O6. The van der Waals surface area contributed by atoms with Gasteiger partial charge in [0, 0.05) is 26.1 Å². The van der Waals surface area contributed by atoms with Crippen LogP contribution in [0.15, 0.2) is 0 Å². The molecule has 0 aliphatic carbocycles. The molecule has 2 amide bonds. The second-order valence-electron chi connectivity index (χ2n) is 4.89. The normalized spacial score (nSPS) is 19.7. The molecule has 0 aromatic carbocycles. The molecule has 0 aromatic rings. The number of hydrogen-bond acceptors (Lipinski definition) is 5. The molecule has 0 spiro atoms. The number of amides is 2. The minimum atomic E-state index is -1.20. The Hall–Kier alpha value is -1.83. The molecule has 1 fully saturated rings. The van der Waals surface area contributed by atoms with Crippen LogP contribution in [-0.4, -0.2) is 65.4 Å². The quantitative estimate of drug-likeness (QED) is 0.585. The molecule has 8 nitrogen and oxygen atoms in total. The number of rotatable bonds is 6. The standard InChI is InChI=1S/C13H22N2O6/c1-2-21-12(19)9-4-3-6-15(8-9)13(20)14-10(5-7-16)11(17)18/h9-10,16H,2-8H2,1H3,(H,14,20)(H,17,18). The van der Waals surface area contributed by atoms with Crippen molar-refractivity contribution in [2.45, 2.75) is 32.2 Å². The highest BCUT2D eigenvalue weighted by Gasteiger charge is 2.31. The summed E-state index contributed by atoms with van der Waals surface area (Å²) in [5.74, 6) is -1.90. The van der Waals surface area contributed by atoms with Crippen molar-refractivity contribution < 1.29 is 29.3 Å². The fraction of sp³-hybridized carbons (Fsp3) is 0.769. The fourth-order valence-electron chi connectivity index (χ4n) is 2.24. The van der Waals surface area contributed by atoms with E-state index in [-0.39, 0.29) is 31.5 Å². The van der Waals surface area contributed by atoms with Crippen molar-refractivity contribution in [3.05, 3.63) is 0 Å². The third kappa shape index (κ3) is 5.22. The van der Waals surface area contributed by atoms with Crippen LogP contribution in [0, 0.1) is 5.92 Å². The molecule has 2 unspecified atom stereocenters. The molecule has 0 radical (unpaired) electrons. The van der Waals surface area contributed by atoms with Crippen LogP contribution in [0.5, 0.6) is 0 Å². The van der Waals surface area contributed by atoms with Gasteiger partial charge in [-0.15, -0.1) is 0 Å². The first-order valence-corrected chi connectivity index (χ1v) is 7.05. The van der Waals surface area contributed by atoms with Crippen molar-refractivity contribution >= 4 is 18.0 Å². The van der Waals surface area contributed by atoms with Crippen LogP contribution in [0.25, 0.3) is 0 Å². The predicted octanol–water partition coefficient (Wildman–Crippen LogP) is -0.193. The van der Waals surface area contributed by atoms with E-state index in [4.69, 9.17) is 14.9 Å². The monoisotopic (exact) mass is 302 g/mol. The van der Waals surface area contributed by atoms with Gasteiger partial charge in [0.05, 0.1) is 12.5 Å². The summed E-state index contributed by atoms with van der Waals surface area (Å²) in [5.41, 5.74) is 0. The van der Waals surface area contributed by atoms with Crippen molar-refractivity contribution in [1.29, 1.82) is 0 Å². The van der Waals surface area contributed by atoms with E-state index >= 15 is 0 Å². The number of carboxylic acids is 1. The lowest BCUT2D eigenvalue weighted by Gasteiger charge is -2.32. The van der Waals surface area contributed by atoms with Crippen molar-refractivity contribution in [2.75, 3.05) is 26.3 Å². The van der Waals surface area contributed by atoms with E-state index in [1.165, 1.54) is 4.90 Å². The molecule has 21 heavy (non-hydrogen) atoms. The molecular weight excluding hydrogens is 280 g/mol. The molecule has 1 rings (SSSR count). The van der Waals surface area contributed by atoms with E-state index in [1.807, 2.05) is 0 Å². The molecule has 0 aromatic heterocycles. The van der Waals surface area contributed by atoms with Gasteiger partial charge in [-0.05, 0) is 19.8 Å². The number of aliphatic carboxylic acids is 1. The lowest BCUT2D eigenvalue weighted by Crippen LogP contribution is -2.52. The zero-order chi connectivity index (χ0) is 15.8. The number of carbonyl (C=O) groups is 3. The highest BCUT2D eigenvalue weighted by molar-refractivity contribution is 5.83. The minimum Gasteiger partial charge on any atom is -0.480 e. The summed E-state index contributed by atoms with van der Waals surface area (Å²) >= 11 is 0. The summed E-state index contributed by atoms with van der Waals surface area (Å²) in [4.78, 5) is 36.1. The van der Waals surface area contributed by atoms with Gasteiger partial charge in [0.15, 0.2) is 0 Å². The molecule has 0 bridgehead atoms. The summed E-state index contributed by atoms with van der Waals surface area (Å²) < 4.78 is 4.94. The maximum absolute atomic E-state index is 12.0. The van der Waals surface area contributed by atoms with Gasteiger partial charge in [-0.1, -0.05) is 0 Å². The lowest BCUT2D eigenvalue weighted by molar-refractivity contribution is -0.149. The number of ether oxygens (including phenoxy) is 1. The van der Waals surface area contributed by atoms with E-state index in [1.54, 1.807) is 6.92 Å². The molecule has 1 saturated heterocycles. The number of esters is 1. The van der Waals surface area contributed by atoms with E-state index in [9.17, 15) is 14.4 Å². The Bertz CT molecular complexity index is 387. The molecule has 1 heterocycles. The molecule has 8 heteroatoms. The number of nitrogens with zero attached hydrogens (tertiary/aromatic N) is 1. The average Bonchev–Trinajstić information content (AvgIpc) is 2.47. The van der Waals surface area contributed by atoms with Gasteiger partial charge in [0.25, 0.3) is 0 Å². The van der Waals surface area contributed by atoms with E-state index in [2.05, 4.69) is 5.32 Å². The number of aliphatic hydroxyl groups excluding tert-OH is 1. The van der Waals surface area contributed by atoms with E-state index < -0.39 is 18.0 Å². The Labute approximate surface area is 123 Å². The first-order valence-electron chi connectivity index (χ1n) is 7.05. The predicted molar refractivity (Wildman–Crippen MR) is 72.6 cm³/mol. The fourth-order valence-corrected chi connectivity index (χ4v) is 2.24. The van der Waals surface area contributed by atoms with Gasteiger partial charge in [-0.25, -0.2) is 9.59 Å². The summed E-state index contributed by atoms with van der Waals surface area (Å²) in [7, 11) is 0. The van der Waals surface area contributed by atoms with Crippen molar-refractivity contribution in [3.63, 3.8) is 0 Å². The van der Waals surface area contributed by atoms with E-state index in [0.29, 0.717) is 26.0 Å². The Morgan fingerprint density at radius 1 is 1.43 bits per heavy atom. The highest BCUT2D eigenvalue weighted by atomic mass is 16.5. The van der Waals surface area contributed by atoms with Crippen LogP contribution in [0.3, 0.4) is 0 Å². The zero-order valence-corrected chi connectivity index (χ0v) is 12.1. The maximum atomic E-state index is 12.0. The smallest absolute Gasteiger partial charge is 0.326 e. The van der Waals surface area contributed by atoms with Gasteiger partial charge in [0.1, 0.15) is 6.04 Å². The number of nitrogens with one attached hydrogen (secondary N) is 1.